The largest absolute Gasteiger partial charge is 0.496 e. The molecule has 0 aliphatic rings. The minimum atomic E-state index is -1.47. The Morgan fingerprint density at radius 3 is 2.47 bits per heavy atom. The molecule has 1 rings (SSSR count). The van der Waals surface area contributed by atoms with E-state index in [0.717, 1.165) is 0 Å². The number of methoxy groups -OCH3 is 1. The zero-order valence-electron chi connectivity index (χ0n) is 10.2. The summed E-state index contributed by atoms with van der Waals surface area (Å²) in [5.74, 6) is -1.75. The molecule has 0 heterocycles. The lowest BCUT2D eigenvalue weighted by Crippen LogP contribution is -2.26. The van der Waals surface area contributed by atoms with Crippen molar-refractivity contribution in [2.24, 2.45) is 5.73 Å². The number of rotatable bonds is 6. The Kier molecular flexibility index (Phi) is 4.85. The first-order valence-corrected chi connectivity index (χ1v) is 5.42. The molecule has 7 nitrogen and oxygen atoms in total. The number of carboxylic acids is 1. The average molecular weight is 269 g/mol. The predicted molar refractivity (Wildman–Crippen MR) is 64.7 cm³/mol. The number of aromatic carboxylic acids is 1. The van der Waals surface area contributed by atoms with Crippen molar-refractivity contribution in [2.75, 3.05) is 7.11 Å². The molecule has 1 aromatic carbocycles. The van der Waals surface area contributed by atoms with E-state index in [0.29, 0.717) is 0 Å². The SMILES string of the molecule is COc1ccc(C(=O)O)cc1C(O)C(O)CC(N)=O. The van der Waals surface area contributed by atoms with Gasteiger partial charge in [0.05, 0.1) is 25.2 Å². The van der Waals surface area contributed by atoms with Crippen molar-refractivity contribution < 1.29 is 29.6 Å². The van der Waals surface area contributed by atoms with Crippen LogP contribution in [0.5, 0.6) is 5.75 Å². The predicted octanol–water partition coefficient (Wildman–Crippen LogP) is -0.337. The molecule has 0 spiro atoms. The van der Waals surface area contributed by atoms with Crippen molar-refractivity contribution in [3.63, 3.8) is 0 Å². The summed E-state index contributed by atoms with van der Waals surface area (Å²) in [5, 5.41) is 28.4. The fourth-order valence-corrected chi connectivity index (χ4v) is 1.62. The molecule has 1 amide bonds. The van der Waals surface area contributed by atoms with Crippen LogP contribution < -0.4 is 10.5 Å². The Balaban J connectivity index is 3.11. The number of carbonyl (C=O) groups is 2. The van der Waals surface area contributed by atoms with Gasteiger partial charge in [-0.3, -0.25) is 4.79 Å². The Morgan fingerprint density at radius 1 is 1.37 bits per heavy atom. The van der Waals surface area contributed by atoms with Gasteiger partial charge in [0, 0.05) is 5.56 Å². The van der Waals surface area contributed by atoms with Crippen molar-refractivity contribution in [2.45, 2.75) is 18.6 Å². The number of carboxylic acid groups (broad SMARTS) is 1. The maximum atomic E-state index is 10.9. The smallest absolute Gasteiger partial charge is 0.335 e. The number of nitrogens with two attached hydrogens (primary N) is 1. The van der Waals surface area contributed by atoms with Gasteiger partial charge in [0.1, 0.15) is 11.9 Å². The van der Waals surface area contributed by atoms with Gasteiger partial charge in [-0.05, 0) is 18.2 Å². The highest BCUT2D eigenvalue weighted by atomic mass is 16.5. The zero-order chi connectivity index (χ0) is 14.6. The molecule has 0 saturated carbocycles. The van der Waals surface area contributed by atoms with Crippen LogP contribution in [0.3, 0.4) is 0 Å². The van der Waals surface area contributed by atoms with Gasteiger partial charge in [-0.25, -0.2) is 4.79 Å². The number of ether oxygens (including phenoxy) is 1. The molecule has 2 atom stereocenters. The van der Waals surface area contributed by atoms with Crippen molar-refractivity contribution in [3.8, 4) is 5.75 Å². The summed E-state index contributed by atoms with van der Waals surface area (Å²) in [4.78, 5) is 21.6. The van der Waals surface area contributed by atoms with Crippen LogP contribution >= 0.6 is 0 Å². The van der Waals surface area contributed by atoms with E-state index in [4.69, 9.17) is 15.6 Å². The number of aliphatic hydroxyl groups excluding tert-OH is 2. The number of benzene rings is 1. The van der Waals surface area contributed by atoms with Gasteiger partial charge in [-0.2, -0.15) is 0 Å². The summed E-state index contributed by atoms with van der Waals surface area (Å²) in [6.07, 6.45) is -3.35. The third kappa shape index (κ3) is 3.67. The summed E-state index contributed by atoms with van der Waals surface area (Å²) >= 11 is 0. The molecule has 0 fully saturated rings. The van der Waals surface area contributed by atoms with Gasteiger partial charge in [0.15, 0.2) is 0 Å². The minimum absolute atomic E-state index is 0.0684. The number of primary amides is 1. The summed E-state index contributed by atoms with van der Waals surface area (Å²) in [7, 11) is 1.34. The first kappa shape index (κ1) is 14.9. The molecule has 0 bridgehead atoms. The second kappa shape index (κ2) is 6.17. The van der Waals surface area contributed by atoms with Gasteiger partial charge in [-0.15, -0.1) is 0 Å². The van der Waals surface area contributed by atoms with Crippen LogP contribution in [-0.2, 0) is 4.79 Å². The van der Waals surface area contributed by atoms with E-state index in [-0.39, 0.29) is 16.9 Å². The maximum absolute atomic E-state index is 10.9. The Labute approximate surface area is 109 Å². The molecule has 1 aromatic rings. The molecule has 0 aliphatic heterocycles. The van der Waals surface area contributed by atoms with Crippen LogP contribution in [0.2, 0.25) is 0 Å². The zero-order valence-corrected chi connectivity index (χ0v) is 10.2. The van der Waals surface area contributed by atoms with E-state index in [9.17, 15) is 19.8 Å². The molecule has 19 heavy (non-hydrogen) atoms. The highest BCUT2D eigenvalue weighted by Gasteiger charge is 2.24. The summed E-state index contributed by atoms with van der Waals surface area (Å²) in [6.45, 7) is 0. The van der Waals surface area contributed by atoms with Crippen molar-refractivity contribution >= 4 is 11.9 Å². The van der Waals surface area contributed by atoms with Gasteiger partial charge in [0.2, 0.25) is 5.91 Å². The summed E-state index contributed by atoms with van der Waals surface area (Å²) < 4.78 is 4.98. The monoisotopic (exact) mass is 269 g/mol. The number of hydrogen-bond donors (Lipinski definition) is 4. The van der Waals surface area contributed by atoms with Crippen LogP contribution in [-0.4, -0.2) is 40.4 Å². The van der Waals surface area contributed by atoms with Crippen LogP contribution in [0.4, 0.5) is 0 Å². The average Bonchev–Trinajstić information content (AvgIpc) is 2.36. The number of carbonyl (C=O) groups excluding carboxylic acids is 1. The molecule has 0 aliphatic carbocycles. The number of aliphatic hydroxyl groups is 2. The topological polar surface area (TPSA) is 130 Å². The lowest BCUT2D eigenvalue weighted by molar-refractivity contribution is -0.121. The molecule has 0 radical (unpaired) electrons. The van der Waals surface area contributed by atoms with E-state index in [1.165, 1.54) is 25.3 Å². The molecular weight excluding hydrogens is 254 g/mol. The Hall–Kier alpha value is -2.12. The summed E-state index contributed by atoms with van der Waals surface area (Å²) in [6, 6.07) is 3.84. The first-order chi connectivity index (χ1) is 8.86. The van der Waals surface area contributed by atoms with Crippen LogP contribution in [0.25, 0.3) is 0 Å². The lowest BCUT2D eigenvalue weighted by Gasteiger charge is -2.19. The molecular formula is C12H15NO6. The first-order valence-electron chi connectivity index (χ1n) is 5.42. The Morgan fingerprint density at radius 2 is 2.00 bits per heavy atom. The minimum Gasteiger partial charge on any atom is -0.496 e. The second-order valence-corrected chi connectivity index (χ2v) is 3.94. The second-order valence-electron chi connectivity index (χ2n) is 3.94. The quantitative estimate of drug-likeness (QED) is 0.559. The molecule has 104 valence electrons. The molecule has 2 unspecified atom stereocenters. The standard InChI is InChI=1S/C12H15NO6/c1-19-9-3-2-6(12(17)18)4-7(9)11(16)8(14)5-10(13)15/h2-4,8,11,14,16H,5H2,1H3,(H2,13,15)(H,17,18). The summed E-state index contributed by atoms with van der Waals surface area (Å²) in [5.41, 5.74) is 4.93. The van der Waals surface area contributed by atoms with Crippen LogP contribution in [0, 0.1) is 0 Å². The van der Waals surface area contributed by atoms with Gasteiger partial charge in [-0.1, -0.05) is 0 Å². The van der Waals surface area contributed by atoms with Crippen LogP contribution in [0.1, 0.15) is 28.4 Å². The van der Waals surface area contributed by atoms with Gasteiger partial charge < -0.3 is 25.8 Å². The van der Waals surface area contributed by atoms with E-state index in [1.54, 1.807) is 0 Å². The van der Waals surface area contributed by atoms with E-state index < -0.39 is 30.5 Å². The highest BCUT2D eigenvalue weighted by Crippen LogP contribution is 2.29. The fraction of sp³-hybridized carbons (Fsp3) is 0.333. The van der Waals surface area contributed by atoms with Crippen molar-refractivity contribution in [3.05, 3.63) is 29.3 Å². The van der Waals surface area contributed by atoms with Crippen LogP contribution in [0.15, 0.2) is 18.2 Å². The molecule has 0 saturated heterocycles. The molecule has 7 heteroatoms. The molecule has 0 aromatic heterocycles. The van der Waals surface area contributed by atoms with Gasteiger partial charge >= 0.3 is 5.97 Å². The lowest BCUT2D eigenvalue weighted by atomic mass is 9.99. The Bertz CT molecular complexity index is 487. The molecule has 5 N–H and O–H groups in total. The number of hydrogen-bond acceptors (Lipinski definition) is 5. The third-order valence-corrected chi connectivity index (χ3v) is 2.57. The highest BCUT2D eigenvalue weighted by molar-refractivity contribution is 5.88. The third-order valence-electron chi connectivity index (χ3n) is 2.57. The van der Waals surface area contributed by atoms with E-state index >= 15 is 0 Å². The van der Waals surface area contributed by atoms with E-state index in [1.807, 2.05) is 0 Å². The van der Waals surface area contributed by atoms with Gasteiger partial charge in [0.25, 0.3) is 0 Å². The van der Waals surface area contributed by atoms with E-state index in [2.05, 4.69) is 0 Å². The van der Waals surface area contributed by atoms with Crippen molar-refractivity contribution in [1.29, 1.82) is 0 Å². The fourth-order valence-electron chi connectivity index (χ4n) is 1.62. The maximum Gasteiger partial charge on any atom is 0.335 e. The number of amides is 1. The van der Waals surface area contributed by atoms with Crippen molar-refractivity contribution in [1.82, 2.24) is 0 Å². The normalized spacial score (nSPS) is 13.6.